The SMILES string of the molecule is COc1ccc(C(C)NC(=O)c2cc(C(=O)O)co2)cc1. The molecule has 0 fully saturated rings. The number of furan rings is 1. The number of carbonyl (C=O) groups is 2. The van der Waals surface area contributed by atoms with E-state index in [0.717, 1.165) is 17.6 Å². The van der Waals surface area contributed by atoms with Gasteiger partial charge in [0.05, 0.1) is 18.7 Å². The van der Waals surface area contributed by atoms with Crippen molar-refractivity contribution in [3.8, 4) is 5.75 Å². The molecular formula is C15H15NO5. The van der Waals surface area contributed by atoms with Gasteiger partial charge in [-0.15, -0.1) is 0 Å². The molecule has 0 saturated carbocycles. The van der Waals surface area contributed by atoms with E-state index in [0.29, 0.717) is 0 Å². The highest BCUT2D eigenvalue weighted by molar-refractivity contribution is 5.95. The van der Waals surface area contributed by atoms with Crippen LogP contribution in [0.5, 0.6) is 5.75 Å². The number of aromatic carboxylic acids is 1. The largest absolute Gasteiger partial charge is 0.497 e. The zero-order valence-corrected chi connectivity index (χ0v) is 11.6. The van der Waals surface area contributed by atoms with Crippen molar-refractivity contribution in [2.75, 3.05) is 7.11 Å². The topological polar surface area (TPSA) is 88.8 Å². The Balaban J connectivity index is 2.05. The molecule has 1 atom stereocenters. The van der Waals surface area contributed by atoms with Crippen LogP contribution in [-0.4, -0.2) is 24.1 Å². The van der Waals surface area contributed by atoms with E-state index in [9.17, 15) is 9.59 Å². The van der Waals surface area contributed by atoms with Gasteiger partial charge in [0, 0.05) is 6.07 Å². The molecule has 1 unspecified atom stereocenters. The molecule has 6 nitrogen and oxygen atoms in total. The van der Waals surface area contributed by atoms with Gasteiger partial charge in [-0.25, -0.2) is 4.79 Å². The summed E-state index contributed by atoms with van der Waals surface area (Å²) < 4.78 is 10.0. The number of amides is 1. The van der Waals surface area contributed by atoms with Gasteiger partial charge in [-0.3, -0.25) is 4.79 Å². The number of nitrogens with one attached hydrogen (secondary N) is 1. The molecule has 0 saturated heterocycles. The molecule has 0 bridgehead atoms. The minimum Gasteiger partial charge on any atom is -0.497 e. The molecule has 0 aliphatic heterocycles. The van der Waals surface area contributed by atoms with Crippen LogP contribution in [0.4, 0.5) is 0 Å². The fourth-order valence-corrected chi connectivity index (χ4v) is 1.81. The van der Waals surface area contributed by atoms with Gasteiger partial charge in [-0.05, 0) is 24.6 Å². The highest BCUT2D eigenvalue weighted by atomic mass is 16.5. The summed E-state index contributed by atoms with van der Waals surface area (Å²) in [7, 11) is 1.58. The number of ether oxygens (including phenoxy) is 1. The number of carboxylic acid groups (broad SMARTS) is 1. The lowest BCUT2D eigenvalue weighted by Gasteiger charge is -2.13. The molecule has 110 valence electrons. The molecule has 1 aromatic carbocycles. The first-order chi connectivity index (χ1) is 10.0. The lowest BCUT2D eigenvalue weighted by Crippen LogP contribution is -2.26. The van der Waals surface area contributed by atoms with E-state index in [-0.39, 0.29) is 17.4 Å². The van der Waals surface area contributed by atoms with Gasteiger partial charge >= 0.3 is 5.97 Å². The first-order valence-electron chi connectivity index (χ1n) is 6.28. The molecule has 2 aromatic rings. The Morgan fingerprint density at radius 3 is 2.48 bits per heavy atom. The summed E-state index contributed by atoms with van der Waals surface area (Å²) in [5.74, 6) is -0.908. The maximum absolute atomic E-state index is 12.0. The first-order valence-corrected chi connectivity index (χ1v) is 6.28. The van der Waals surface area contributed by atoms with Crippen LogP contribution in [0.25, 0.3) is 0 Å². The van der Waals surface area contributed by atoms with Crippen LogP contribution >= 0.6 is 0 Å². The molecule has 0 radical (unpaired) electrons. The normalized spacial score (nSPS) is 11.7. The van der Waals surface area contributed by atoms with Crippen LogP contribution in [0.2, 0.25) is 0 Å². The van der Waals surface area contributed by atoms with Crippen molar-refractivity contribution < 1.29 is 23.8 Å². The fourth-order valence-electron chi connectivity index (χ4n) is 1.81. The Morgan fingerprint density at radius 2 is 1.95 bits per heavy atom. The van der Waals surface area contributed by atoms with Crippen molar-refractivity contribution in [1.29, 1.82) is 0 Å². The maximum Gasteiger partial charge on any atom is 0.338 e. The molecule has 6 heteroatoms. The molecule has 21 heavy (non-hydrogen) atoms. The molecule has 0 aliphatic rings. The lowest BCUT2D eigenvalue weighted by atomic mass is 10.1. The van der Waals surface area contributed by atoms with Crippen LogP contribution in [0, 0.1) is 0 Å². The number of benzene rings is 1. The molecule has 0 aliphatic carbocycles. The summed E-state index contributed by atoms with van der Waals surface area (Å²) in [6.07, 6.45) is 1.04. The van der Waals surface area contributed by atoms with Gasteiger partial charge < -0.3 is 19.6 Å². The minimum atomic E-state index is -1.14. The molecule has 2 rings (SSSR count). The molecule has 0 spiro atoms. The number of rotatable bonds is 5. The zero-order chi connectivity index (χ0) is 15.4. The van der Waals surface area contributed by atoms with Crippen LogP contribution in [0.15, 0.2) is 41.0 Å². The highest BCUT2D eigenvalue weighted by Crippen LogP contribution is 2.18. The van der Waals surface area contributed by atoms with E-state index in [1.165, 1.54) is 6.07 Å². The van der Waals surface area contributed by atoms with E-state index in [4.69, 9.17) is 14.3 Å². The third kappa shape index (κ3) is 3.42. The minimum absolute atomic E-state index is 0.0345. The van der Waals surface area contributed by atoms with E-state index in [2.05, 4.69) is 5.32 Å². The number of hydrogen-bond donors (Lipinski definition) is 2. The first kappa shape index (κ1) is 14.6. The Bertz CT molecular complexity index is 644. The van der Waals surface area contributed by atoms with Crippen LogP contribution in [-0.2, 0) is 0 Å². The number of hydrogen-bond acceptors (Lipinski definition) is 4. The van der Waals surface area contributed by atoms with Gasteiger partial charge in [0.2, 0.25) is 0 Å². The summed E-state index contributed by atoms with van der Waals surface area (Å²) >= 11 is 0. The third-order valence-corrected chi connectivity index (χ3v) is 3.03. The standard InChI is InChI=1S/C15H15NO5/c1-9(10-3-5-12(20-2)6-4-10)16-14(17)13-7-11(8-21-13)15(18)19/h3-9H,1-2H3,(H,16,17)(H,18,19). The smallest absolute Gasteiger partial charge is 0.338 e. The Morgan fingerprint density at radius 1 is 1.29 bits per heavy atom. The van der Waals surface area contributed by atoms with E-state index < -0.39 is 11.9 Å². The van der Waals surface area contributed by atoms with Gasteiger partial charge in [0.25, 0.3) is 5.91 Å². The predicted octanol–water partition coefficient (Wildman–Crippen LogP) is 2.48. The molecule has 1 heterocycles. The number of methoxy groups -OCH3 is 1. The Hall–Kier alpha value is -2.76. The number of carboxylic acids is 1. The van der Waals surface area contributed by atoms with Crippen molar-refractivity contribution >= 4 is 11.9 Å². The van der Waals surface area contributed by atoms with Crippen LogP contribution in [0.3, 0.4) is 0 Å². The average molecular weight is 289 g/mol. The van der Waals surface area contributed by atoms with Crippen molar-refractivity contribution in [2.24, 2.45) is 0 Å². The Kier molecular flexibility index (Phi) is 4.27. The summed E-state index contributed by atoms with van der Waals surface area (Å²) in [5.41, 5.74) is 0.839. The van der Waals surface area contributed by atoms with Crippen LogP contribution < -0.4 is 10.1 Å². The van der Waals surface area contributed by atoms with Gasteiger partial charge in [0.15, 0.2) is 5.76 Å². The fraction of sp³-hybridized carbons (Fsp3) is 0.200. The maximum atomic E-state index is 12.0. The van der Waals surface area contributed by atoms with Crippen LogP contribution in [0.1, 0.15) is 39.4 Å². The monoisotopic (exact) mass is 289 g/mol. The third-order valence-electron chi connectivity index (χ3n) is 3.03. The molecule has 2 N–H and O–H groups in total. The molecule has 1 amide bonds. The van der Waals surface area contributed by atoms with Crippen molar-refractivity contribution in [3.63, 3.8) is 0 Å². The second-order valence-electron chi connectivity index (χ2n) is 4.47. The van der Waals surface area contributed by atoms with Crippen molar-refractivity contribution in [3.05, 3.63) is 53.5 Å². The predicted molar refractivity (Wildman–Crippen MR) is 74.5 cm³/mol. The lowest BCUT2D eigenvalue weighted by molar-refractivity contribution is 0.0695. The quantitative estimate of drug-likeness (QED) is 0.882. The van der Waals surface area contributed by atoms with Crippen molar-refractivity contribution in [2.45, 2.75) is 13.0 Å². The summed E-state index contributed by atoms with van der Waals surface area (Å²) in [6, 6.07) is 8.23. The summed E-state index contributed by atoms with van der Waals surface area (Å²) in [5, 5.41) is 11.5. The second-order valence-corrected chi connectivity index (χ2v) is 4.47. The molecular weight excluding hydrogens is 274 g/mol. The van der Waals surface area contributed by atoms with Crippen molar-refractivity contribution in [1.82, 2.24) is 5.32 Å². The van der Waals surface area contributed by atoms with Gasteiger partial charge in [0.1, 0.15) is 12.0 Å². The summed E-state index contributed by atoms with van der Waals surface area (Å²) in [6.45, 7) is 1.82. The average Bonchev–Trinajstić information content (AvgIpc) is 2.97. The van der Waals surface area contributed by atoms with Gasteiger partial charge in [-0.1, -0.05) is 12.1 Å². The van der Waals surface area contributed by atoms with Gasteiger partial charge in [-0.2, -0.15) is 0 Å². The van der Waals surface area contributed by atoms with E-state index >= 15 is 0 Å². The summed E-state index contributed by atoms with van der Waals surface area (Å²) in [4.78, 5) is 22.7. The number of carbonyl (C=O) groups excluding carboxylic acids is 1. The second kappa shape index (κ2) is 6.13. The van der Waals surface area contributed by atoms with E-state index in [1.54, 1.807) is 19.2 Å². The highest BCUT2D eigenvalue weighted by Gasteiger charge is 2.17. The molecule has 1 aromatic heterocycles. The zero-order valence-electron chi connectivity index (χ0n) is 11.6. The Labute approximate surface area is 121 Å². The van der Waals surface area contributed by atoms with E-state index in [1.807, 2.05) is 19.1 Å².